The SMILES string of the molecule is Cc1cc(C)cc(OCCNC(=O)CC(N)c2ccccc2)c1.Cl. The summed E-state index contributed by atoms with van der Waals surface area (Å²) in [6.07, 6.45) is 0.271. The Labute approximate surface area is 149 Å². The lowest BCUT2D eigenvalue weighted by Crippen LogP contribution is -2.30. The van der Waals surface area contributed by atoms with E-state index in [0.717, 1.165) is 22.4 Å². The van der Waals surface area contributed by atoms with Gasteiger partial charge in [0, 0.05) is 12.5 Å². The Balaban J connectivity index is 0.00000288. The van der Waals surface area contributed by atoms with E-state index < -0.39 is 0 Å². The highest BCUT2D eigenvalue weighted by Gasteiger charge is 2.10. The number of hydrogen-bond donors (Lipinski definition) is 2. The van der Waals surface area contributed by atoms with Crippen molar-refractivity contribution in [2.45, 2.75) is 26.3 Å². The second-order valence-electron chi connectivity index (χ2n) is 5.74. The van der Waals surface area contributed by atoms with E-state index >= 15 is 0 Å². The molecule has 0 heterocycles. The van der Waals surface area contributed by atoms with E-state index in [1.54, 1.807) is 0 Å². The molecule has 0 saturated heterocycles. The number of nitrogens with one attached hydrogen (secondary N) is 1. The van der Waals surface area contributed by atoms with Crippen LogP contribution in [0.3, 0.4) is 0 Å². The molecule has 24 heavy (non-hydrogen) atoms. The predicted octanol–water partition coefficient (Wildman–Crippen LogP) is 3.31. The molecule has 0 fully saturated rings. The van der Waals surface area contributed by atoms with Crippen LogP contribution < -0.4 is 15.8 Å². The van der Waals surface area contributed by atoms with Gasteiger partial charge >= 0.3 is 0 Å². The van der Waals surface area contributed by atoms with Crippen molar-refractivity contribution in [3.63, 3.8) is 0 Å². The molecular weight excluding hydrogens is 324 g/mol. The van der Waals surface area contributed by atoms with Gasteiger partial charge in [-0.05, 0) is 42.7 Å². The van der Waals surface area contributed by atoms with Crippen molar-refractivity contribution in [2.75, 3.05) is 13.2 Å². The first-order valence-electron chi connectivity index (χ1n) is 7.83. The van der Waals surface area contributed by atoms with Crippen LogP contribution >= 0.6 is 12.4 Å². The third kappa shape index (κ3) is 6.60. The standard InChI is InChI=1S/C19H24N2O2.ClH/c1-14-10-15(2)12-17(11-14)23-9-8-21-19(22)13-18(20)16-6-4-3-5-7-16;/h3-7,10-12,18H,8-9,13,20H2,1-2H3,(H,21,22);1H. The molecule has 0 aromatic heterocycles. The first-order valence-corrected chi connectivity index (χ1v) is 7.83. The molecule has 4 nitrogen and oxygen atoms in total. The summed E-state index contributed by atoms with van der Waals surface area (Å²) in [5.74, 6) is 0.767. The first-order chi connectivity index (χ1) is 11.0. The molecule has 1 atom stereocenters. The van der Waals surface area contributed by atoms with E-state index in [-0.39, 0.29) is 30.8 Å². The largest absolute Gasteiger partial charge is 0.492 e. The van der Waals surface area contributed by atoms with Gasteiger partial charge in [0.25, 0.3) is 0 Å². The topological polar surface area (TPSA) is 64.3 Å². The highest BCUT2D eigenvalue weighted by Crippen LogP contribution is 2.16. The first kappa shape index (κ1) is 20.0. The number of carbonyl (C=O) groups excluding carboxylic acids is 1. The molecule has 3 N–H and O–H groups in total. The second kappa shape index (κ2) is 9.96. The lowest BCUT2D eigenvalue weighted by Gasteiger charge is -2.13. The van der Waals surface area contributed by atoms with E-state index in [9.17, 15) is 4.79 Å². The Morgan fingerprint density at radius 3 is 2.38 bits per heavy atom. The van der Waals surface area contributed by atoms with Gasteiger partial charge in [-0.25, -0.2) is 0 Å². The smallest absolute Gasteiger partial charge is 0.222 e. The molecule has 1 unspecified atom stereocenters. The van der Waals surface area contributed by atoms with Crippen LogP contribution in [0.5, 0.6) is 5.75 Å². The Morgan fingerprint density at radius 2 is 1.75 bits per heavy atom. The van der Waals surface area contributed by atoms with E-state index in [2.05, 4.69) is 11.4 Å². The number of carbonyl (C=O) groups is 1. The minimum Gasteiger partial charge on any atom is -0.492 e. The molecule has 5 heteroatoms. The number of ether oxygens (including phenoxy) is 1. The van der Waals surface area contributed by atoms with Crippen molar-refractivity contribution in [1.29, 1.82) is 0 Å². The molecule has 0 bridgehead atoms. The van der Waals surface area contributed by atoms with Gasteiger partial charge in [0.05, 0.1) is 6.54 Å². The minimum absolute atomic E-state index is 0. The Kier molecular flexibility index (Phi) is 8.30. The van der Waals surface area contributed by atoms with Crippen LogP contribution in [0, 0.1) is 13.8 Å². The Bertz CT molecular complexity index is 627. The maximum Gasteiger partial charge on any atom is 0.222 e. The highest BCUT2D eigenvalue weighted by atomic mass is 35.5. The summed E-state index contributed by atoms with van der Waals surface area (Å²) in [6, 6.07) is 15.4. The number of halogens is 1. The fourth-order valence-electron chi connectivity index (χ4n) is 2.47. The van der Waals surface area contributed by atoms with Gasteiger partial charge in [0.2, 0.25) is 5.91 Å². The van der Waals surface area contributed by atoms with E-state index in [1.165, 1.54) is 0 Å². The molecular formula is C19H25ClN2O2. The molecule has 0 radical (unpaired) electrons. The van der Waals surface area contributed by atoms with E-state index in [4.69, 9.17) is 10.5 Å². The van der Waals surface area contributed by atoms with Gasteiger partial charge in [-0.2, -0.15) is 0 Å². The number of amides is 1. The van der Waals surface area contributed by atoms with Crippen LogP contribution in [0.1, 0.15) is 29.2 Å². The molecule has 130 valence electrons. The summed E-state index contributed by atoms with van der Waals surface area (Å²) in [4.78, 5) is 11.9. The Morgan fingerprint density at radius 1 is 1.12 bits per heavy atom. The van der Waals surface area contributed by atoms with Gasteiger partial charge in [-0.15, -0.1) is 12.4 Å². The van der Waals surface area contributed by atoms with Gasteiger partial charge < -0.3 is 15.8 Å². The summed E-state index contributed by atoms with van der Waals surface area (Å²) in [7, 11) is 0. The third-order valence-electron chi connectivity index (χ3n) is 3.52. The van der Waals surface area contributed by atoms with Crippen molar-refractivity contribution in [1.82, 2.24) is 5.32 Å². The highest BCUT2D eigenvalue weighted by molar-refractivity contribution is 5.85. The van der Waals surface area contributed by atoms with Crippen molar-refractivity contribution < 1.29 is 9.53 Å². The zero-order valence-corrected chi connectivity index (χ0v) is 14.9. The molecule has 2 aromatic rings. The van der Waals surface area contributed by atoms with Crippen LogP contribution in [0.15, 0.2) is 48.5 Å². The number of benzene rings is 2. The number of hydrogen-bond acceptors (Lipinski definition) is 3. The third-order valence-corrected chi connectivity index (χ3v) is 3.52. The maximum absolute atomic E-state index is 11.9. The second-order valence-corrected chi connectivity index (χ2v) is 5.74. The molecule has 2 rings (SSSR count). The lowest BCUT2D eigenvalue weighted by molar-refractivity contribution is -0.121. The average molecular weight is 349 g/mol. The normalized spacial score (nSPS) is 11.3. The van der Waals surface area contributed by atoms with Crippen LogP contribution in [0.4, 0.5) is 0 Å². The van der Waals surface area contributed by atoms with Crippen molar-refractivity contribution in [3.8, 4) is 5.75 Å². The summed E-state index contributed by atoms with van der Waals surface area (Å²) in [5, 5.41) is 2.84. The fraction of sp³-hybridized carbons (Fsp3) is 0.316. The fourth-order valence-corrected chi connectivity index (χ4v) is 2.47. The van der Waals surface area contributed by atoms with Crippen molar-refractivity contribution >= 4 is 18.3 Å². The van der Waals surface area contributed by atoms with Crippen LogP contribution in [0.2, 0.25) is 0 Å². The Hall–Kier alpha value is -2.04. The summed E-state index contributed by atoms with van der Waals surface area (Å²) in [6.45, 7) is 4.97. The van der Waals surface area contributed by atoms with Crippen molar-refractivity contribution in [2.24, 2.45) is 5.73 Å². The predicted molar refractivity (Wildman–Crippen MR) is 99.7 cm³/mol. The van der Waals surface area contributed by atoms with Crippen LogP contribution in [0.25, 0.3) is 0 Å². The number of nitrogens with two attached hydrogens (primary N) is 1. The average Bonchev–Trinajstić information content (AvgIpc) is 2.51. The summed E-state index contributed by atoms with van der Waals surface area (Å²) < 4.78 is 5.66. The lowest BCUT2D eigenvalue weighted by atomic mass is 10.0. The molecule has 0 aliphatic heterocycles. The van der Waals surface area contributed by atoms with Crippen LogP contribution in [-0.4, -0.2) is 19.1 Å². The zero-order valence-electron chi connectivity index (χ0n) is 14.1. The molecule has 0 saturated carbocycles. The quantitative estimate of drug-likeness (QED) is 0.754. The van der Waals surface area contributed by atoms with E-state index in [0.29, 0.717) is 13.2 Å². The summed E-state index contributed by atoms with van der Waals surface area (Å²) in [5.41, 5.74) is 9.33. The monoisotopic (exact) mass is 348 g/mol. The van der Waals surface area contributed by atoms with Crippen molar-refractivity contribution in [3.05, 3.63) is 65.2 Å². The zero-order chi connectivity index (χ0) is 16.7. The minimum atomic E-state index is -0.281. The molecule has 0 spiro atoms. The number of rotatable bonds is 7. The molecule has 0 aliphatic rings. The van der Waals surface area contributed by atoms with E-state index in [1.807, 2.05) is 56.3 Å². The molecule has 0 aliphatic carbocycles. The van der Waals surface area contributed by atoms with Gasteiger partial charge in [0.15, 0.2) is 0 Å². The molecule has 2 aromatic carbocycles. The van der Waals surface area contributed by atoms with Gasteiger partial charge in [-0.3, -0.25) is 4.79 Å². The summed E-state index contributed by atoms with van der Waals surface area (Å²) >= 11 is 0. The van der Waals surface area contributed by atoms with Gasteiger partial charge in [-0.1, -0.05) is 36.4 Å². The maximum atomic E-state index is 11.9. The van der Waals surface area contributed by atoms with Crippen LogP contribution in [-0.2, 0) is 4.79 Å². The number of aryl methyl sites for hydroxylation is 2. The van der Waals surface area contributed by atoms with Gasteiger partial charge in [0.1, 0.15) is 12.4 Å². The molecule has 1 amide bonds.